The van der Waals surface area contributed by atoms with Gasteiger partial charge in [-0.05, 0) is 37.1 Å². The fourth-order valence-corrected chi connectivity index (χ4v) is 7.16. The first kappa shape index (κ1) is 18.8. The van der Waals surface area contributed by atoms with Crippen LogP contribution in [-0.2, 0) is 26.4 Å². The van der Waals surface area contributed by atoms with Crippen molar-refractivity contribution in [2.45, 2.75) is 30.7 Å². The average Bonchev–Trinajstić information content (AvgIpc) is 2.72. The van der Waals surface area contributed by atoms with Crippen molar-refractivity contribution in [2.75, 3.05) is 31.6 Å². The molecule has 0 aromatic heterocycles. The molecular formula is C16H23FN2O4S2. The molecule has 25 heavy (non-hydrogen) atoms. The number of nitrogens with zero attached hydrogens (tertiary/aromatic N) is 2. The highest BCUT2D eigenvalue weighted by Crippen LogP contribution is 2.30. The maximum Gasteiger partial charge on any atom is 0.211 e. The van der Waals surface area contributed by atoms with E-state index >= 15 is 0 Å². The van der Waals surface area contributed by atoms with Gasteiger partial charge in [-0.25, -0.2) is 21.2 Å². The van der Waals surface area contributed by atoms with E-state index in [0.717, 1.165) is 11.8 Å². The summed E-state index contributed by atoms with van der Waals surface area (Å²) < 4.78 is 63.4. The van der Waals surface area contributed by atoms with Crippen molar-refractivity contribution >= 4 is 19.9 Å². The van der Waals surface area contributed by atoms with Crippen LogP contribution in [0.4, 0.5) is 4.39 Å². The van der Waals surface area contributed by atoms with Gasteiger partial charge in [0.1, 0.15) is 5.82 Å². The van der Waals surface area contributed by atoms with Crippen LogP contribution in [0.5, 0.6) is 0 Å². The monoisotopic (exact) mass is 390 g/mol. The molecule has 3 rings (SSSR count). The minimum absolute atomic E-state index is 0.0420. The van der Waals surface area contributed by atoms with E-state index in [9.17, 15) is 21.2 Å². The van der Waals surface area contributed by atoms with Gasteiger partial charge in [0.2, 0.25) is 10.0 Å². The number of halogens is 1. The maximum absolute atomic E-state index is 13.0. The van der Waals surface area contributed by atoms with E-state index in [1.54, 1.807) is 12.1 Å². The Hall–Kier alpha value is -1.03. The fourth-order valence-electron chi connectivity index (χ4n) is 3.82. The van der Waals surface area contributed by atoms with Crippen molar-refractivity contribution in [3.8, 4) is 0 Å². The van der Waals surface area contributed by atoms with Gasteiger partial charge in [0.25, 0.3) is 0 Å². The van der Waals surface area contributed by atoms with Gasteiger partial charge in [0.05, 0.1) is 17.3 Å². The van der Waals surface area contributed by atoms with Crippen molar-refractivity contribution in [3.05, 3.63) is 35.6 Å². The summed E-state index contributed by atoms with van der Waals surface area (Å²) >= 11 is 0. The van der Waals surface area contributed by atoms with Gasteiger partial charge >= 0.3 is 0 Å². The summed E-state index contributed by atoms with van der Waals surface area (Å²) in [4.78, 5) is 2.11. The van der Waals surface area contributed by atoms with Crippen molar-refractivity contribution in [2.24, 2.45) is 0 Å². The number of rotatable bonds is 3. The lowest BCUT2D eigenvalue weighted by atomic mass is 10.1. The molecule has 0 spiro atoms. The topological polar surface area (TPSA) is 74.8 Å². The lowest BCUT2D eigenvalue weighted by Gasteiger charge is -2.38. The highest BCUT2D eigenvalue weighted by Gasteiger charge is 2.45. The van der Waals surface area contributed by atoms with Gasteiger partial charge in [0.15, 0.2) is 9.84 Å². The maximum atomic E-state index is 13.0. The van der Waals surface area contributed by atoms with Crippen molar-refractivity contribution in [1.82, 2.24) is 9.21 Å². The summed E-state index contributed by atoms with van der Waals surface area (Å²) in [5.41, 5.74) is 0.953. The highest BCUT2D eigenvalue weighted by molar-refractivity contribution is 7.92. The fraction of sp³-hybridized carbons (Fsp3) is 0.625. The third kappa shape index (κ3) is 4.21. The van der Waals surface area contributed by atoms with E-state index in [1.807, 2.05) is 0 Å². The zero-order valence-corrected chi connectivity index (χ0v) is 15.8. The Labute approximate surface area is 148 Å². The average molecular weight is 391 g/mol. The highest BCUT2D eigenvalue weighted by atomic mass is 32.2. The van der Waals surface area contributed by atoms with Crippen LogP contribution in [0, 0.1) is 5.82 Å². The molecule has 1 aromatic carbocycles. The van der Waals surface area contributed by atoms with Crippen LogP contribution >= 0.6 is 0 Å². The molecule has 9 heteroatoms. The lowest BCUT2D eigenvalue weighted by Crippen LogP contribution is -2.56. The minimum atomic E-state index is -3.44. The molecule has 0 N–H and O–H groups in total. The van der Waals surface area contributed by atoms with Crippen LogP contribution in [-0.4, -0.2) is 69.0 Å². The molecule has 2 aliphatic heterocycles. The number of sulfone groups is 1. The zero-order valence-electron chi connectivity index (χ0n) is 14.1. The number of fused-ring (bicyclic) bond motifs is 1. The van der Waals surface area contributed by atoms with Crippen molar-refractivity contribution in [3.63, 3.8) is 0 Å². The number of hydrogen-bond acceptors (Lipinski definition) is 5. The van der Waals surface area contributed by atoms with Gasteiger partial charge in [-0.15, -0.1) is 0 Å². The summed E-state index contributed by atoms with van der Waals surface area (Å²) in [6.07, 6.45) is 2.04. The van der Waals surface area contributed by atoms with E-state index in [4.69, 9.17) is 0 Å². The van der Waals surface area contributed by atoms with E-state index in [-0.39, 0.29) is 18.1 Å². The second kappa shape index (κ2) is 6.94. The molecule has 0 amide bonds. The smallest absolute Gasteiger partial charge is 0.211 e. The Balaban J connectivity index is 1.78. The summed E-state index contributed by atoms with van der Waals surface area (Å²) in [5.74, 6) is -0.403. The second-order valence-electron chi connectivity index (χ2n) is 6.83. The Morgan fingerprint density at radius 3 is 2.40 bits per heavy atom. The number of benzene rings is 1. The van der Waals surface area contributed by atoms with Crippen LogP contribution in [0.2, 0.25) is 0 Å². The Morgan fingerprint density at radius 2 is 1.76 bits per heavy atom. The molecule has 2 saturated heterocycles. The molecule has 2 fully saturated rings. The second-order valence-corrected chi connectivity index (χ2v) is 11.1. The van der Waals surface area contributed by atoms with Crippen molar-refractivity contribution < 1.29 is 21.2 Å². The molecule has 0 unspecified atom stereocenters. The van der Waals surface area contributed by atoms with Crippen LogP contribution in [0.3, 0.4) is 0 Å². The van der Waals surface area contributed by atoms with E-state index in [2.05, 4.69) is 4.90 Å². The number of likely N-dealkylation sites (tertiary alicyclic amines) is 1. The predicted molar refractivity (Wildman–Crippen MR) is 93.8 cm³/mol. The molecule has 140 valence electrons. The number of hydrogen-bond donors (Lipinski definition) is 0. The molecule has 2 atom stereocenters. The van der Waals surface area contributed by atoms with Crippen LogP contribution < -0.4 is 0 Å². The zero-order chi connectivity index (χ0) is 18.2. The summed E-state index contributed by atoms with van der Waals surface area (Å²) in [7, 11) is -6.72. The first-order chi connectivity index (χ1) is 11.7. The van der Waals surface area contributed by atoms with Gasteiger partial charge in [-0.2, -0.15) is 4.31 Å². The van der Waals surface area contributed by atoms with Crippen LogP contribution in [0.25, 0.3) is 0 Å². The largest absolute Gasteiger partial charge is 0.299 e. The molecule has 0 bridgehead atoms. The molecule has 0 aliphatic carbocycles. The van der Waals surface area contributed by atoms with Crippen LogP contribution in [0.15, 0.2) is 24.3 Å². The van der Waals surface area contributed by atoms with Crippen LogP contribution in [0.1, 0.15) is 18.4 Å². The third-order valence-electron chi connectivity index (χ3n) is 5.07. The molecular weight excluding hydrogens is 367 g/mol. The van der Waals surface area contributed by atoms with E-state index < -0.39 is 31.2 Å². The SMILES string of the molecule is CS(=O)(=O)N1CCS(=O)(=O)[C@@H]2CCN(Cc3ccc(F)cc3)CC[C@@H]21. The van der Waals surface area contributed by atoms with Gasteiger partial charge in [-0.3, -0.25) is 4.90 Å². The third-order valence-corrected chi connectivity index (χ3v) is 8.60. The van der Waals surface area contributed by atoms with Crippen molar-refractivity contribution in [1.29, 1.82) is 0 Å². The first-order valence-electron chi connectivity index (χ1n) is 8.32. The molecule has 2 aliphatic rings. The summed E-state index contributed by atoms with van der Waals surface area (Å²) in [6, 6.07) is 5.75. The predicted octanol–water partition coefficient (Wildman–Crippen LogP) is 0.849. The van der Waals surface area contributed by atoms with Gasteiger partial charge < -0.3 is 0 Å². The molecule has 2 heterocycles. The standard InChI is InChI=1S/C16H23FN2O4S2/c1-24(20,21)19-10-11-25(22,23)16-7-9-18(8-6-15(16)19)12-13-2-4-14(17)5-3-13/h2-5,15-16H,6-12H2,1H3/t15-,16+/m0/s1. The molecule has 0 radical (unpaired) electrons. The Morgan fingerprint density at radius 1 is 1.12 bits per heavy atom. The normalized spacial score (nSPS) is 28.2. The lowest BCUT2D eigenvalue weighted by molar-refractivity contribution is 0.259. The molecule has 0 saturated carbocycles. The molecule has 1 aromatic rings. The quantitative estimate of drug-likeness (QED) is 0.765. The van der Waals surface area contributed by atoms with E-state index in [0.29, 0.717) is 32.5 Å². The van der Waals surface area contributed by atoms with Gasteiger partial charge in [0, 0.05) is 25.7 Å². The Bertz CT molecular complexity index is 824. The van der Waals surface area contributed by atoms with Gasteiger partial charge in [-0.1, -0.05) is 12.1 Å². The number of sulfonamides is 1. The molecule has 6 nitrogen and oxygen atoms in total. The Kier molecular flexibility index (Phi) is 5.21. The summed E-state index contributed by atoms with van der Waals surface area (Å²) in [5, 5.41) is -0.644. The van der Waals surface area contributed by atoms with E-state index in [1.165, 1.54) is 16.4 Å². The first-order valence-corrected chi connectivity index (χ1v) is 11.9. The minimum Gasteiger partial charge on any atom is -0.299 e. The summed E-state index contributed by atoms with van der Waals surface area (Å²) in [6.45, 7) is 1.83.